The largest absolute Gasteiger partial charge is 0.338 e. The second-order valence-electron chi connectivity index (χ2n) is 6.48. The highest BCUT2D eigenvalue weighted by atomic mass is 32.2. The molecule has 0 spiro atoms. The molecule has 1 N–H and O–H groups in total. The smallest absolute Gasteiger partial charge is 0.225 e. The molecule has 1 fully saturated rings. The predicted octanol–water partition coefficient (Wildman–Crippen LogP) is 2.44. The van der Waals surface area contributed by atoms with Gasteiger partial charge in [0.25, 0.3) is 0 Å². The zero-order valence-corrected chi connectivity index (χ0v) is 16.1. The molecule has 1 aromatic carbocycles. The van der Waals surface area contributed by atoms with Gasteiger partial charge in [-0.1, -0.05) is 6.07 Å². The quantitative estimate of drug-likeness (QED) is 0.739. The Labute approximate surface area is 156 Å². The topological polar surface area (TPSA) is 86.1 Å². The standard InChI is InChI=1S/C17H20N6OS2/c1-26(18,24)14-9-19-17(20-10-14)23-6-4-22(5-7-23)11-13-2-3-16-15(8-13)21-12-25-16/h2-3,8-10,12,18H,4-7,11H2,1H3. The SMILES string of the molecule is CS(=N)(=O)c1cnc(N2CCN(Cc3ccc4scnc4c3)CC2)nc1. The van der Waals surface area contributed by atoms with Gasteiger partial charge in [0.1, 0.15) is 0 Å². The van der Waals surface area contributed by atoms with Crippen molar-refractivity contribution in [1.82, 2.24) is 19.9 Å². The lowest BCUT2D eigenvalue weighted by Crippen LogP contribution is -2.46. The molecule has 3 heterocycles. The average Bonchev–Trinajstić information content (AvgIpc) is 3.10. The first-order chi connectivity index (χ1) is 12.5. The molecule has 1 aliphatic rings. The summed E-state index contributed by atoms with van der Waals surface area (Å²) >= 11 is 1.67. The summed E-state index contributed by atoms with van der Waals surface area (Å²) in [6.45, 7) is 4.48. The van der Waals surface area contributed by atoms with Gasteiger partial charge >= 0.3 is 0 Å². The number of hydrogen-bond acceptors (Lipinski definition) is 8. The minimum absolute atomic E-state index is 0.373. The molecule has 9 heteroatoms. The van der Waals surface area contributed by atoms with Gasteiger partial charge in [0.15, 0.2) is 0 Å². The Balaban J connectivity index is 1.37. The van der Waals surface area contributed by atoms with Gasteiger partial charge in [0.05, 0.1) is 30.4 Å². The van der Waals surface area contributed by atoms with Crippen molar-refractivity contribution in [3.8, 4) is 0 Å². The van der Waals surface area contributed by atoms with Gasteiger partial charge in [0.2, 0.25) is 5.95 Å². The van der Waals surface area contributed by atoms with Crippen LogP contribution in [0.2, 0.25) is 0 Å². The fourth-order valence-electron chi connectivity index (χ4n) is 3.04. The van der Waals surface area contributed by atoms with Crippen molar-refractivity contribution in [1.29, 1.82) is 4.78 Å². The lowest BCUT2D eigenvalue weighted by atomic mass is 10.2. The van der Waals surface area contributed by atoms with Crippen LogP contribution >= 0.6 is 11.3 Å². The van der Waals surface area contributed by atoms with Crippen LogP contribution in [0.3, 0.4) is 0 Å². The second kappa shape index (κ2) is 6.90. The van der Waals surface area contributed by atoms with E-state index < -0.39 is 9.73 Å². The van der Waals surface area contributed by atoms with E-state index in [0.29, 0.717) is 10.8 Å². The van der Waals surface area contributed by atoms with Crippen LogP contribution in [0.1, 0.15) is 5.56 Å². The number of anilines is 1. The third-order valence-corrected chi connectivity index (χ3v) is 6.44. The summed E-state index contributed by atoms with van der Waals surface area (Å²) in [4.78, 5) is 17.9. The molecule has 1 atom stereocenters. The van der Waals surface area contributed by atoms with Crippen molar-refractivity contribution in [3.05, 3.63) is 41.7 Å². The Kier molecular flexibility index (Phi) is 4.60. The molecule has 7 nitrogen and oxygen atoms in total. The van der Waals surface area contributed by atoms with Gasteiger partial charge in [-0.3, -0.25) is 4.90 Å². The number of hydrogen-bond donors (Lipinski definition) is 1. The summed E-state index contributed by atoms with van der Waals surface area (Å²) in [5.74, 6) is 0.640. The highest BCUT2D eigenvalue weighted by Crippen LogP contribution is 2.20. The van der Waals surface area contributed by atoms with Crippen molar-refractivity contribution in [2.45, 2.75) is 11.4 Å². The third-order valence-electron chi connectivity index (χ3n) is 4.52. The minimum Gasteiger partial charge on any atom is -0.338 e. The van der Waals surface area contributed by atoms with E-state index >= 15 is 0 Å². The maximum atomic E-state index is 11.7. The molecule has 4 rings (SSSR count). The molecular formula is C17H20N6OS2. The molecule has 1 saturated heterocycles. The molecule has 0 radical (unpaired) electrons. The molecule has 0 amide bonds. The number of aromatic nitrogens is 3. The molecule has 136 valence electrons. The van der Waals surface area contributed by atoms with Gasteiger partial charge in [-0.15, -0.1) is 11.3 Å². The lowest BCUT2D eigenvalue weighted by Gasteiger charge is -2.34. The molecular weight excluding hydrogens is 368 g/mol. The molecule has 1 unspecified atom stereocenters. The van der Waals surface area contributed by atoms with Crippen LogP contribution in [0, 0.1) is 4.78 Å². The van der Waals surface area contributed by atoms with Gasteiger partial charge in [-0.25, -0.2) is 23.9 Å². The zero-order chi connectivity index (χ0) is 18.1. The number of piperazine rings is 1. The average molecular weight is 389 g/mol. The molecule has 3 aromatic rings. The molecule has 0 saturated carbocycles. The number of nitrogens with zero attached hydrogens (tertiary/aromatic N) is 5. The van der Waals surface area contributed by atoms with E-state index in [9.17, 15) is 4.21 Å². The van der Waals surface area contributed by atoms with Crippen molar-refractivity contribution >= 4 is 37.2 Å². The molecule has 1 aliphatic heterocycles. The number of nitrogens with one attached hydrogen (secondary N) is 1. The van der Waals surface area contributed by atoms with Crippen LogP contribution in [-0.2, 0) is 16.3 Å². The number of thiazole rings is 1. The number of rotatable bonds is 4. The molecule has 26 heavy (non-hydrogen) atoms. The normalized spacial score (nSPS) is 18.1. The molecule has 2 aromatic heterocycles. The van der Waals surface area contributed by atoms with Crippen molar-refractivity contribution in [3.63, 3.8) is 0 Å². The minimum atomic E-state index is -2.76. The van der Waals surface area contributed by atoms with E-state index in [2.05, 4.69) is 43.0 Å². The van der Waals surface area contributed by atoms with E-state index in [4.69, 9.17) is 4.78 Å². The van der Waals surface area contributed by atoms with Crippen molar-refractivity contribution in [2.24, 2.45) is 0 Å². The van der Waals surface area contributed by atoms with Crippen LogP contribution in [0.4, 0.5) is 5.95 Å². The van der Waals surface area contributed by atoms with E-state index in [-0.39, 0.29) is 0 Å². The summed E-state index contributed by atoms with van der Waals surface area (Å²) in [5.41, 5.74) is 4.24. The molecule has 0 bridgehead atoms. The molecule has 0 aliphatic carbocycles. The summed E-state index contributed by atoms with van der Waals surface area (Å²) in [5, 5.41) is 0. The first-order valence-corrected chi connectivity index (χ1v) is 11.2. The Hall–Kier alpha value is -2.10. The maximum Gasteiger partial charge on any atom is 0.225 e. The van der Waals surface area contributed by atoms with Crippen LogP contribution < -0.4 is 4.90 Å². The Bertz CT molecular complexity index is 1010. The van der Waals surface area contributed by atoms with Gasteiger partial charge in [0, 0.05) is 51.4 Å². The first-order valence-electron chi connectivity index (χ1n) is 8.34. The summed E-state index contributed by atoms with van der Waals surface area (Å²) < 4.78 is 20.5. The van der Waals surface area contributed by atoms with E-state index in [1.54, 1.807) is 11.3 Å². The second-order valence-corrected chi connectivity index (χ2v) is 9.53. The fourth-order valence-corrected chi connectivity index (χ4v) is 4.21. The van der Waals surface area contributed by atoms with Gasteiger partial charge < -0.3 is 4.90 Å². The predicted molar refractivity (Wildman–Crippen MR) is 104 cm³/mol. The number of fused-ring (bicyclic) bond motifs is 1. The van der Waals surface area contributed by atoms with Crippen LogP contribution in [0.5, 0.6) is 0 Å². The third kappa shape index (κ3) is 3.69. The maximum absolute atomic E-state index is 11.7. The van der Waals surface area contributed by atoms with E-state index in [1.165, 1.54) is 28.9 Å². The van der Waals surface area contributed by atoms with Gasteiger partial charge in [-0.05, 0) is 17.7 Å². The number of benzene rings is 1. The van der Waals surface area contributed by atoms with E-state index in [1.807, 2.05) is 5.51 Å². The fraction of sp³-hybridized carbons (Fsp3) is 0.353. The Morgan fingerprint density at radius 3 is 2.58 bits per heavy atom. The van der Waals surface area contributed by atoms with Gasteiger partial charge in [-0.2, -0.15) is 0 Å². The van der Waals surface area contributed by atoms with Crippen LogP contribution in [0.15, 0.2) is 41.0 Å². The Morgan fingerprint density at radius 2 is 1.88 bits per heavy atom. The highest BCUT2D eigenvalue weighted by Gasteiger charge is 2.19. The van der Waals surface area contributed by atoms with Crippen LogP contribution in [-0.4, -0.2) is 56.5 Å². The zero-order valence-electron chi connectivity index (χ0n) is 14.5. The highest BCUT2D eigenvalue weighted by molar-refractivity contribution is 7.91. The lowest BCUT2D eigenvalue weighted by molar-refractivity contribution is 0.249. The summed E-state index contributed by atoms with van der Waals surface area (Å²) in [7, 11) is -2.76. The van der Waals surface area contributed by atoms with E-state index in [0.717, 1.165) is 38.2 Å². The summed E-state index contributed by atoms with van der Waals surface area (Å²) in [6, 6.07) is 6.49. The summed E-state index contributed by atoms with van der Waals surface area (Å²) in [6.07, 6.45) is 4.40. The monoisotopic (exact) mass is 388 g/mol. The van der Waals surface area contributed by atoms with Crippen LogP contribution in [0.25, 0.3) is 10.2 Å². The van der Waals surface area contributed by atoms with Crippen molar-refractivity contribution in [2.75, 3.05) is 37.3 Å². The first kappa shape index (κ1) is 17.3. The Morgan fingerprint density at radius 1 is 1.15 bits per heavy atom. The van der Waals surface area contributed by atoms with Crippen molar-refractivity contribution < 1.29 is 4.21 Å².